The molecule has 1 amide bonds. The Kier molecular flexibility index (Phi) is 7.91. The number of rotatable bonds is 11. The standard InChI is InChI=1S/C25H32N2O3S/c1-3-5-16-26(17-6-4-2)25(28)19-27-18-24(22-14-10-11-15-23(22)27)31(29,30)20-21-12-8-7-9-13-21/h7-15,18H,3-6,16-17,19-20H2,1-2H3. The maximum absolute atomic E-state index is 13.2. The van der Waals surface area contributed by atoms with Crippen molar-refractivity contribution in [2.75, 3.05) is 13.1 Å². The van der Waals surface area contributed by atoms with Crippen molar-refractivity contribution < 1.29 is 13.2 Å². The number of amides is 1. The van der Waals surface area contributed by atoms with Crippen LogP contribution in [-0.2, 0) is 26.9 Å². The quantitative estimate of drug-likeness (QED) is 0.419. The van der Waals surface area contributed by atoms with Gasteiger partial charge in [0.25, 0.3) is 0 Å². The van der Waals surface area contributed by atoms with Gasteiger partial charge in [0, 0.05) is 30.2 Å². The van der Waals surface area contributed by atoms with E-state index in [4.69, 9.17) is 0 Å². The van der Waals surface area contributed by atoms with Crippen molar-refractivity contribution in [2.24, 2.45) is 0 Å². The van der Waals surface area contributed by atoms with E-state index >= 15 is 0 Å². The first kappa shape index (κ1) is 23.1. The first-order valence-corrected chi connectivity index (χ1v) is 12.7. The molecular formula is C25H32N2O3S. The van der Waals surface area contributed by atoms with Crippen molar-refractivity contribution >= 4 is 26.6 Å². The number of unbranched alkanes of at least 4 members (excludes halogenated alkanes) is 2. The van der Waals surface area contributed by atoms with E-state index in [0.29, 0.717) is 5.39 Å². The van der Waals surface area contributed by atoms with E-state index in [1.165, 1.54) is 0 Å². The van der Waals surface area contributed by atoms with Gasteiger partial charge in [-0.1, -0.05) is 75.2 Å². The molecule has 2 aromatic carbocycles. The number of sulfone groups is 1. The molecular weight excluding hydrogens is 408 g/mol. The summed E-state index contributed by atoms with van der Waals surface area (Å²) in [6.07, 6.45) is 5.64. The predicted molar refractivity (Wildman–Crippen MR) is 126 cm³/mol. The molecule has 0 bridgehead atoms. The molecule has 166 valence electrons. The average molecular weight is 441 g/mol. The Morgan fingerprint density at radius 1 is 0.903 bits per heavy atom. The summed E-state index contributed by atoms with van der Waals surface area (Å²) >= 11 is 0. The van der Waals surface area contributed by atoms with Crippen LogP contribution in [0.15, 0.2) is 65.7 Å². The number of carbonyl (C=O) groups is 1. The van der Waals surface area contributed by atoms with Crippen molar-refractivity contribution in [3.05, 3.63) is 66.4 Å². The second kappa shape index (κ2) is 10.6. The Labute approximate surface area is 185 Å². The van der Waals surface area contributed by atoms with E-state index in [9.17, 15) is 13.2 Å². The highest BCUT2D eigenvalue weighted by molar-refractivity contribution is 7.90. The number of aromatic nitrogens is 1. The van der Waals surface area contributed by atoms with E-state index in [-0.39, 0.29) is 23.1 Å². The summed E-state index contributed by atoms with van der Waals surface area (Å²) in [6.45, 7) is 5.87. The van der Waals surface area contributed by atoms with Crippen LogP contribution in [0.25, 0.3) is 10.9 Å². The van der Waals surface area contributed by atoms with Gasteiger partial charge in [0.05, 0.1) is 10.6 Å². The highest BCUT2D eigenvalue weighted by Crippen LogP contribution is 2.28. The minimum Gasteiger partial charge on any atom is -0.341 e. The van der Waals surface area contributed by atoms with Crippen LogP contribution >= 0.6 is 0 Å². The SMILES string of the molecule is CCCCN(CCCC)C(=O)Cn1cc(S(=O)(=O)Cc2ccccc2)c2ccccc21. The van der Waals surface area contributed by atoms with Crippen molar-refractivity contribution in [1.29, 1.82) is 0 Å². The second-order valence-electron chi connectivity index (χ2n) is 7.97. The third-order valence-corrected chi connectivity index (χ3v) is 7.22. The monoisotopic (exact) mass is 440 g/mol. The van der Waals surface area contributed by atoms with Gasteiger partial charge in [-0.3, -0.25) is 4.79 Å². The van der Waals surface area contributed by atoms with Crippen LogP contribution in [0.5, 0.6) is 0 Å². The van der Waals surface area contributed by atoms with Gasteiger partial charge in [0.2, 0.25) is 5.91 Å². The predicted octanol–water partition coefficient (Wildman–Crippen LogP) is 5.04. The highest BCUT2D eigenvalue weighted by atomic mass is 32.2. The maximum Gasteiger partial charge on any atom is 0.242 e. The van der Waals surface area contributed by atoms with Crippen molar-refractivity contribution in [2.45, 2.75) is 56.7 Å². The van der Waals surface area contributed by atoms with Gasteiger partial charge in [-0.25, -0.2) is 8.42 Å². The minimum atomic E-state index is -3.55. The Bertz CT molecular complexity index is 1100. The fourth-order valence-electron chi connectivity index (χ4n) is 3.77. The lowest BCUT2D eigenvalue weighted by atomic mass is 10.2. The molecule has 0 atom stereocenters. The molecule has 0 unspecified atom stereocenters. The molecule has 1 heterocycles. The second-order valence-corrected chi connectivity index (χ2v) is 9.93. The molecule has 5 nitrogen and oxygen atoms in total. The summed E-state index contributed by atoms with van der Waals surface area (Å²) in [6, 6.07) is 16.6. The van der Waals surface area contributed by atoms with Crippen LogP contribution in [0.3, 0.4) is 0 Å². The zero-order valence-corrected chi connectivity index (χ0v) is 19.3. The lowest BCUT2D eigenvalue weighted by Gasteiger charge is -2.23. The van der Waals surface area contributed by atoms with E-state index in [0.717, 1.165) is 49.9 Å². The molecule has 0 radical (unpaired) electrons. The summed E-state index contributed by atoms with van der Waals surface area (Å²) in [7, 11) is -3.55. The summed E-state index contributed by atoms with van der Waals surface area (Å²) in [4.78, 5) is 15.3. The largest absolute Gasteiger partial charge is 0.341 e. The van der Waals surface area contributed by atoms with Crippen LogP contribution < -0.4 is 0 Å². The molecule has 3 aromatic rings. The van der Waals surface area contributed by atoms with Gasteiger partial charge in [-0.15, -0.1) is 0 Å². The molecule has 6 heteroatoms. The molecule has 0 saturated carbocycles. The van der Waals surface area contributed by atoms with Crippen LogP contribution in [0, 0.1) is 0 Å². The molecule has 0 aliphatic heterocycles. The summed E-state index contributed by atoms with van der Waals surface area (Å²) in [5.74, 6) is -0.0239. The first-order chi connectivity index (χ1) is 15.0. The fraction of sp³-hybridized carbons (Fsp3) is 0.400. The summed E-state index contributed by atoms with van der Waals surface area (Å²) < 4.78 is 28.2. The van der Waals surface area contributed by atoms with Crippen LogP contribution in [0.4, 0.5) is 0 Å². The molecule has 0 fully saturated rings. The Hall–Kier alpha value is -2.60. The van der Waals surface area contributed by atoms with Gasteiger partial charge in [-0.2, -0.15) is 0 Å². The van der Waals surface area contributed by atoms with Gasteiger partial charge >= 0.3 is 0 Å². The molecule has 0 spiro atoms. The van der Waals surface area contributed by atoms with Gasteiger partial charge in [0.15, 0.2) is 9.84 Å². The zero-order chi connectivity index (χ0) is 22.3. The first-order valence-electron chi connectivity index (χ1n) is 11.1. The zero-order valence-electron chi connectivity index (χ0n) is 18.5. The summed E-state index contributed by atoms with van der Waals surface area (Å²) in [5, 5.41) is 0.667. The van der Waals surface area contributed by atoms with E-state index in [1.807, 2.05) is 59.5 Å². The summed E-state index contributed by atoms with van der Waals surface area (Å²) in [5.41, 5.74) is 1.52. The average Bonchev–Trinajstić information content (AvgIpc) is 3.14. The normalized spacial score (nSPS) is 11.7. The number of fused-ring (bicyclic) bond motifs is 1. The lowest BCUT2D eigenvalue weighted by molar-refractivity contribution is -0.131. The third kappa shape index (κ3) is 5.76. The Morgan fingerprint density at radius 3 is 2.16 bits per heavy atom. The number of hydrogen-bond donors (Lipinski definition) is 0. The van der Waals surface area contributed by atoms with Gasteiger partial charge < -0.3 is 9.47 Å². The number of carbonyl (C=O) groups excluding carboxylic acids is 1. The molecule has 0 saturated heterocycles. The highest BCUT2D eigenvalue weighted by Gasteiger charge is 2.23. The molecule has 0 aliphatic carbocycles. The van der Waals surface area contributed by atoms with E-state index in [1.54, 1.807) is 10.8 Å². The molecule has 1 aromatic heterocycles. The van der Waals surface area contributed by atoms with E-state index < -0.39 is 9.84 Å². The number of para-hydroxylation sites is 1. The smallest absolute Gasteiger partial charge is 0.242 e. The third-order valence-electron chi connectivity index (χ3n) is 5.51. The molecule has 0 aliphatic rings. The van der Waals surface area contributed by atoms with Crippen LogP contribution in [-0.4, -0.2) is 36.9 Å². The van der Waals surface area contributed by atoms with Gasteiger partial charge in [-0.05, 0) is 24.5 Å². The van der Waals surface area contributed by atoms with Crippen molar-refractivity contribution in [3.63, 3.8) is 0 Å². The number of hydrogen-bond acceptors (Lipinski definition) is 3. The molecule has 3 rings (SSSR count). The number of benzene rings is 2. The topological polar surface area (TPSA) is 59.4 Å². The van der Waals surface area contributed by atoms with Crippen molar-refractivity contribution in [3.8, 4) is 0 Å². The Balaban J connectivity index is 1.91. The van der Waals surface area contributed by atoms with Crippen LogP contribution in [0.1, 0.15) is 45.1 Å². The number of nitrogens with zero attached hydrogens (tertiary/aromatic N) is 2. The minimum absolute atomic E-state index is 0.0367. The fourth-order valence-corrected chi connectivity index (χ4v) is 5.35. The maximum atomic E-state index is 13.2. The van der Waals surface area contributed by atoms with Crippen molar-refractivity contribution in [1.82, 2.24) is 9.47 Å². The van der Waals surface area contributed by atoms with E-state index in [2.05, 4.69) is 13.8 Å². The molecule has 31 heavy (non-hydrogen) atoms. The molecule has 0 N–H and O–H groups in total. The lowest BCUT2D eigenvalue weighted by Crippen LogP contribution is -2.35. The Morgan fingerprint density at radius 2 is 1.52 bits per heavy atom. The van der Waals surface area contributed by atoms with Gasteiger partial charge in [0.1, 0.15) is 6.54 Å². The van der Waals surface area contributed by atoms with Crippen LogP contribution in [0.2, 0.25) is 0 Å².